The number of hydrogen-bond donors (Lipinski definition) is 0. The highest BCUT2D eigenvalue weighted by Crippen LogP contribution is 2.62. The molecule has 0 aliphatic heterocycles. The molecule has 2 unspecified atom stereocenters. The van der Waals surface area contributed by atoms with Crippen molar-refractivity contribution in [1.29, 1.82) is 0 Å². The average molecular weight is 234 g/mol. The SMILES string of the molecule is C1=C2C(=CC3CC13)C1(CCCC1)c1ccccc12. The smallest absolute Gasteiger partial charge is 0.0212 e. The average Bonchev–Trinajstić information content (AvgIpc) is 2.91. The second-order valence-electron chi connectivity index (χ2n) is 6.56. The van der Waals surface area contributed by atoms with Crippen molar-refractivity contribution in [3.05, 3.63) is 53.1 Å². The van der Waals surface area contributed by atoms with Gasteiger partial charge in [-0.25, -0.2) is 0 Å². The lowest BCUT2D eigenvalue weighted by molar-refractivity contribution is 0.545. The molecule has 4 aliphatic rings. The van der Waals surface area contributed by atoms with Crippen molar-refractivity contribution in [2.24, 2.45) is 11.8 Å². The molecule has 2 atom stereocenters. The van der Waals surface area contributed by atoms with Crippen LogP contribution in [0.15, 0.2) is 42.0 Å². The first kappa shape index (κ1) is 9.61. The fourth-order valence-electron chi connectivity index (χ4n) is 4.68. The van der Waals surface area contributed by atoms with E-state index in [-0.39, 0.29) is 0 Å². The zero-order valence-corrected chi connectivity index (χ0v) is 10.7. The number of allylic oxidation sites excluding steroid dienone is 4. The molecule has 0 amide bonds. The minimum atomic E-state index is 0.413. The first-order valence-electron chi connectivity index (χ1n) is 7.43. The van der Waals surface area contributed by atoms with Crippen molar-refractivity contribution in [3.63, 3.8) is 0 Å². The third kappa shape index (κ3) is 0.993. The summed E-state index contributed by atoms with van der Waals surface area (Å²) in [5, 5.41) is 0. The molecule has 2 fully saturated rings. The molecule has 2 saturated carbocycles. The largest absolute Gasteiger partial charge is 0.0761 e. The number of fused-ring (bicyclic) bond motifs is 6. The van der Waals surface area contributed by atoms with Crippen LogP contribution in [-0.2, 0) is 5.41 Å². The van der Waals surface area contributed by atoms with E-state index in [9.17, 15) is 0 Å². The fourth-order valence-corrected chi connectivity index (χ4v) is 4.68. The zero-order valence-electron chi connectivity index (χ0n) is 10.7. The maximum Gasteiger partial charge on any atom is 0.0212 e. The molecule has 0 heteroatoms. The molecule has 0 radical (unpaired) electrons. The topological polar surface area (TPSA) is 0 Å². The van der Waals surface area contributed by atoms with Crippen molar-refractivity contribution >= 4 is 5.57 Å². The molecule has 0 saturated heterocycles. The Bertz CT molecular complexity index is 596. The molecule has 0 heterocycles. The van der Waals surface area contributed by atoms with Gasteiger partial charge in [-0.2, -0.15) is 0 Å². The van der Waals surface area contributed by atoms with Gasteiger partial charge in [-0.05, 0) is 53.4 Å². The minimum Gasteiger partial charge on any atom is -0.0761 e. The van der Waals surface area contributed by atoms with E-state index in [4.69, 9.17) is 0 Å². The summed E-state index contributed by atoms with van der Waals surface area (Å²) in [5.74, 6) is 1.75. The molecule has 1 spiro atoms. The van der Waals surface area contributed by atoms with E-state index in [1.807, 2.05) is 0 Å². The Labute approximate surface area is 108 Å². The standard InChI is InChI=1S/C18H18/c1-2-6-16-14(5-1)15-10-12-9-13(12)11-17(15)18(16)7-3-4-8-18/h1-2,5-6,10-13H,3-4,7-9H2. The lowest BCUT2D eigenvalue weighted by Crippen LogP contribution is -2.21. The van der Waals surface area contributed by atoms with Crippen molar-refractivity contribution in [2.75, 3.05) is 0 Å². The molecule has 0 N–H and O–H groups in total. The van der Waals surface area contributed by atoms with E-state index < -0.39 is 0 Å². The second-order valence-corrected chi connectivity index (χ2v) is 6.56. The molecule has 1 aromatic carbocycles. The Morgan fingerprint density at radius 2 is 1.72 bits per heavy atom. The Morgan fingerprint density at radius 1 is 0.944 bits per heavy atom. The van der Waals surface area contributed by atoms with Gasteiger partial charge in [-0.1, -0.05) is 49.3 Å². The van der Waals surface area contributed by atoms with E-state index >= 15 is 0 Å². The van der Waals surface area contributed by atoms with Gasteiger partial charge in [0.15, 0.2) is 0 Å². The summed E-state index contributed by atoms with van der Waals surface area (Å²) >= 11 is 0. The van der Waals surface area contributed by atoms with Crippen LogP contribution in [0.3, 0.4) is 0 Å². The molecule has 18 heavy (non-hydrogen) atoms. The summed E-state index contributed by atoms with van der Waals surface area (Å²) in [5.41, 5.74) is 6.92. The van der Waals surface area contributed by atoms with Crippen molar-refractivity contribution in [3.8, 4) is 0 Å². The first-order valence-corrected chi connectivity index (χ1v) is 7.43. The Morgan fingerprint density at radius 3 is 2.61 bits per heavy atom. The van der Waals surface area contributed by atoms with Crippen LogP contribution in [0.2, 0.25) is 0 Å². The van der Waals surface area contributed by atoms with Crippen LogP contribution < -0.4 is 0 Å². The van der Waals surface area contributed by atoms with Crippen molar-refractivity contribution < 1.29 is 0 Å². The van der Waals surface area contributed by atoms with Crippen LogP contribution in [0.1, 0.15) is 43.2 Å². The molecule has 90 valence electrons. The van der Waals surface area contributed by atoms with Gasteiger partial charge in [-0.15, -0.1) is 0 Å². The lowest BCUT2D eigenvalue weighted by atomic mass is 9.75. The molecule has 5 rings (SSSR count). The van der Waals surface area contributed by atoms with E-state index in [2.05, 4.69) is 36.4 Å². The summed E-state index contributed by atoms with van der Waals surface area (Å²) in [4.78, 5) is 0. The zero-order chi connectivity index (χ0) is 11.7. The maximum absolute atomic E-state index is 2.64. The summed E-state index contributed by atoms with van der Waals surface area (Å²) in [6.45, 7) is 0. The third-order valence-corrected chi connectivity index (χ3v) is 5.65. The van der Waals surface area contributed by atoms with Gasteiger partial charge in [0.05, 0.1) is 0 Å². The number of hydrogen-bond acceptors (Lipinski definition) is 0. The van der Waals surface area contributed by atoms with Crippen LogP contribution >= 0.6 is 0 Å². The van der Waals surface area contributed by atoms with E-state index in [0.717, 1.165) is 11.8 Å². The van der Waals surface area contributed by atoms with Crippen LogP contribution in [-0.4, -0.2) is 0 Å². The normalized spacial score (nSPS) is 33.6. The fraction of sp³-hybridized carbons (Fsp3) is 0.444. The Balaban J connectivity index is 1.83. The van der Waals surface area contributed by atoms with Crippen molar-refractivity contribution in [1.82, 2.24) is 0 Å². The van der Waals surface area contributed by atoms with E-state index in [1.54, 1.807) is 22.3 Å². The lowest BCUT2D eigenvalue weighted by Gasteiger charge is -2.28. The Hall–Kier alpha value is -1.30. The monoisotopic (exact) mass is 234 g/mol. The van der Waals surface area contributed by atoms with Crippen LogP contribution in [0.5, 0.6) is 0 Å². The van der Waals surface area contributed by atoms with Gasteiger partial charge in [0, 0.05) is 5.41 Å². The quantitative estimate of drug-likeness (QED) is 0.621. The highest BCUT2D eigenvalue weighted by atomic mass is 14.5. The van der Waals surface area contributed by atoms with Crippen molar-refractivity contribution in [2.45, 2.75) is 37.5 Å². The van der Waals surface area contributed by atoms with E-state index in [0.29, 0.717) is 5.41 Å². The summed E-state index contributed by atoms with van der Waals surface area (Å²) < 4.78 is 0. The molecule has 0 bridgehead atoms. The van der Waals surface area contributed by atoms with E-state index in [1.165, 1.54) is 32.1 Å². The third-order valence-electron chi connectivity index (χ3n) is 5.65. The summed E-state index contributed by atoms with van der Waals surface area (Å²) in [6, 6.07) is 9.19. The molecular formula is C18H18. The van der Waals surface area contributed by atoms with Gasteiger partial charge in [0.25, 0.3) is 0 Å². The van der Waals surface area contributed by atoms with Gasteiger partial charge in [-0.3, -0.25) is 0 Å². The molecular weight excluding hydrogens is 216 g/mol. The summed E-state index contributed by atoms with van der Waals surface area (Å²) in [7, 11) is 0. The Kier molecular flexibility index (Phi) is 1.59. The number of benzene rings is 1. The summed E-state index contributed by atoms with van der Waals surface area (Å²) in [6.07, 6.45) is 12.2. The minimum absolute atomic E-state index is 0.413. The highest BCUT2D eigenvalue weighted by Gasteiger charge is 2.50. The van der Waals surface area contributed by atoms with Gasteiger partial charge in [0.1, 0.15) is 0 Å². The highest BCUT2D eigenvalue weighted by molar-refractivity contribution is 5.91. The molecule has 1 aromatic rings. The predicted octanol–water partition coefficient (Wildman–Crippen LogP) is 4.47. The maximum atomic E-state index is 2.64. The van der Waals surface area contributed by atoms with Gasteiger partial charge >= 0.3 is 0 Å². The first-order chi connectivity index (χ1) is 8.88. The van der Waals surface area contributed by atoms with Crippen LogP contribution in [0, 0.1) is 11.8 Å². The second kappa shape index (κ2) is 2.99. The number of rotatable bonds is 0. The van der Waals surface area contributed by atoms with Gasteiger partial charge < -0.3 is 0 Å². The van der Waals surface area contributed by atoms with Crippen LogP contribution in [0.25, 0.3) is 5.57 Å². The predicted molar refractivity (Wildman–Crippen MR) is 74.2 cm³/mol. The van der Waals surface area contributed by atoms with Crippen LogP contribution in [0.4, 0.5) is 0 Å². The molecule has 0 aromatic heterocycles. The van der Waals surface area contributed by atoms with Gasteiger partial charge in [0.2, 0.25) is 0 Å². The molecule has 4 aliphatic carbocycles. The molecule has 0 nitrogen and oxygen atoms in total.